The number of hydrogen-bond donors (Lipinski definition) is 0. The van der Waals surface area contributed by atoms with Crippen molar-refractivity contribution in [3.63, 3.8) is 0 Å². The summed E-state index contributed by atoms with van der Waals surface area (Å²) in [5, 5.41) is 1.74. The van der Waals surface area contributed by atoms with E-state index in [0.717, 1.165) is 122 Å². The van der Waals surface area contributed by atoms with Crippen LogP contribution >= 0.6 is 0 Å². The summed E-state index contributed by atoms with van der Waals surface area (Å²) in [6, 6.07) is 53.1. The molecule has 0 bridgehead atoms. The van der Waals surface area contributed by atoms with Crippen LogP contribution in [0, 0.1) is 0 Å². The number of aromatic nitrogens is 6. The van der Waals surface area contributed by atoms with Gasteiger partial charge in [0, 0.05) is 58.2 Å². The molecule has 0 atom stereocenters. The van der Waals surface area contributed by atoms with Gasteiger partial charge in [-0.2, -0.15) is 0 Å². The summed E-state index contributed by atoms with van der Waals surface area (Å²) in [7, 11) is 0. The zero-order valence-corrected chi connectivity index (χ0v) is 31.8. The zero-order valence-electron chi connectivity index (χ0n) is 31.8. The number of hydrogen-bond acceptors (Lipinski definition) is 8. The van der Waals surface area contributed by atoms with Gasteiger partial charge >= 0.3 is 0 Å². The molecule has 8 heteroatoms. The smallest absolute Gasteiger partial charge is 0.161 e. The first-order valence-corrected chi connectivity index (χ1v) is 19.7. The fraction of sp³-hybridized carbons (Fsp3) is 0. The number of rotatable bonds is 6. The third kappa shape index (κ3) is 5.61. The van der Waals surface area contributed by atoms with Crippen LogP contribution in [0.2, 0.25) is 0 Å². The highest BCUT2D eigenvalue weighted by Crippen LogP contribution is 2.41. The van der Waals surface area contributed by atoms with E-state index in [0.29, 0.717) is 0 Å². The van der Waals surface area contributed by atoms with E-state index in [1.54, 1.807) is 12.4 Å². The largest absolute Gasteiger partial charge is 0.454 e. The van der Waals surface area contributed by atoms with Gasteiger partial charge in [0.2, 0.25) is 0 Å². The van der Waals surface area contributed by atoms with Crippen LogP contribution in [0.5, 0.6) is 0 Å². The van der Waals surface area contributed by atoms with E-state index < -0.39 is 0 Å². The molecule has 0 aliphatic carbocycles. The SMILES string of the molecule is c1ccc(-c2cncc3c2oc2c(-c4ccccc4)cc(-c4cccc(-c5nc6ccccc6nc5-c5cccc(-c6ccc7oc8ccncc8c7n6)c5)c4)nc23)cc1. The van der Waals surface area contributed by atoms with Crippen molar-refractivity contribution >= 4 is 55.2 Å². The first-order chi connectivity index (χ1) is 29.7. The third-order valence-electron chi connectivity index (χ3n) is 11.0. The quantitative estimate of drug-likeness (QED) is 0.165. The zero-order chi connectivity index (χ0) is 39.6. The monoisotopic (exact) mass is 770 g/mol. The van der Waals surface area contributed by atoms with E-state index in [1.807, 2.05) is 97.3 Å². The van der Waals surface area contributed by atoms with Gasteiger partial charge in [-0.3, -0.25) is 9.97 Å². The Morgan fingerprint density at radius 3 is 1.67 bits per heavy atom. The van der Waals surface area contributed by atoms with Gasteiger partial charge in [0.1, 0.15) is 22.2 Å². The van der Waals surface area contributed by atoms with E-state index in [1.165, 1.54) is 0 Å². The van der Waals surface area contributed by atoms with Crippen LogP contribution in [0.15, 0.2) is 191 Å². The fourth-order valence-electron chi connectivity index (χ4n) is 8.16. The van der Waals surface area contributed by atoms with Gasteiger partial charge in [-0.1, -0.05) is 109 Å². The summed E-state index contributed by atoms with van der Waals surface area (Å²) in [6.07, 6.45) is 7.23. The van der Waals surface area contributed by atoms with Crippen molar-refractivity contribution in [1.29, 1.82) is 0 Å². The molecule has 0 saturated heterocycles. The second kappa shape index (κ2) is 13.6. The van der Waals surface area contributed by atoms with E-state index in [-0.39, 0.29) is 0 Å². The van der Waals surface area contributed by atoms with Crippen molar-refractivity contribution in [2.75, 3.05) is 0 Å². The molecule has 0 radical (unpaired) electrons. The summed E-state index contributed by atoms with van der Waals surface area (Å²) in [5.41, 5.74) is 16.9. The second-order valence-electron chi connectivity index (χ2n) is 14.7. The molecule has 7 heterocycles. The van der Waals surface area contributed by atoms with E-state index in [4.69, 9.17) is 28.8 Å². The van der Waals surface area contributed by atoms with Gasteiger partial charge in [-0.05, 0) is 59.7 Å². The number of para-hydroxylation sites is 2. The van der Waals surface area contributed by atoms with Crippen LogP contribution in [0.1, 0.15) is 0 Å². The molecule has 0 saturated carbocycles. The highest BCUT2D eigenvalue weighted by atomic mass is 16.3. The Labute approximate surface area is 342 Å². The molecule has 0 fully saturated rings. The van der Waals surface area contributed by atoms with E-state index in [2.05, 4.69) is 82.8 Å². The van der Waals surface area contributed by atoms with Crippen molar-refractivity contribution in [1.82, 2.24) is 29.9 Å². The summed E-state index contributed by atoms with van der Waals surface area (Å²) < 4.78 is 12.8. The number of benzene rings is 5. The Hall–Kier alpha value is -8.36. The van der Waals surface area contributed by atoms with Gasteiger partial charge in [0.05, 0.1) is 44.6 Å². The lowest BCUT2D eigenvalue weighted by Gasteiger charge is -2.13. The molecule has 280 valence electrons. The summed E-state index contributed by atoms with van der Waals surface area (Å²) in [5.74, 6) is 0. The van der Waals surface area contributed by atoms with Gasteiger partial charge in [0.25, 0.3) is 0 Å². The molecule has 0 unspecified atom stereocenters. The second-order valence-corrected chi connectivity index (χ2v) is 14.7. The Balaban J connectivity index is 1.02. The van der Waals surface area contributed by atoms with E-state index in [9.17, 15) is 0 Å². The van der Waals surface area contributed by atoms with Crippen LogP contribution in [0.25, 0.3) is 122 Å². The molecule has 0 N–H and O–H groups in total. The topological polar surface area (TPSA) is 104 Å². The molecule has 12 aromatic rings. The van der Waals surface area contributed by atoms with E-state index >= 15 is 0 Å². The predicted octanol–water partition coefficient (Wildman–Crippen LogP) is 13.0. The van der Waals surface area contributed by atoms with Gasteiger partial charge in [-0.15, -0.1) is 0 Å². The summed E-state index contributed by atoms with van der Waals surface area (Å²) in [6.45, 7) is 0. The van der Waals surface area contributed by atoms with Gasteiger partial charge < -0.3 is 8.83 Å². The first-order valence-electron chi connectivity index (χ1n) is 19.7. The average Bonchev–Trinajstić information content (AvgIpc) is 3.90. The molecule has 0 amide bonds. The summed E-state index contributed by atoms with van der Waals surface area (Å²) >= 11 is 0. The highest BCUT2D eigenvalue weighted by molar-refractivity contribution is 6.11. The maximum atomic E-state index is 6.76. The Bertz CT molecular complexity index is 3620. The van der Waals surface area contributed by atoms with Crippen molar-refractivity contribution in [3.8, 4) is 67.3 Å². The van der Waals surface area contributed by atoms with Crippen LogP contribution in [-0.2, 0) is 0 Å². The van der Waals surface area contributed by atoms with Crippen LogP contribution in [0.4, 0.5) is 0 Å². The number of pyridine rings is 4. The molecule has 12 rings (SSSR count). The van der Waals surface area contributed by atoms with Crippen molar-refractivity contribution < 1.29 is 8.83 Å². The van der Waals surface area contributed by atoms with Crippen molar-refractivity contribution in [2.45, 2.75) is 0 Å². The maximum Gasteiger partial charge on any atom is 0.161 e. The first kappa shape index (κ1) is 33.7. The minimum absolute atomic E-state index is 0.718. The lowest BCUT2D eigenvalue weighted by molar-refractivity contribution is 0.667. The molecular formula is C52H30N6O2. The molecule has 60 heavy (non-hydrogen) atoms. The number of fused-ring (bicyclic) bond motifs is 7. The Morgan fingerprint density at radius 2 is 0.950 bits per heavy atom. The lowest BCUT2D eigenvalue weighted by atomic mass is 9.97. The normalized spacial score (nSPS) is 11.7. The standard InChI is InChI=1S/C52H30N6O2/c1-3-11-31(12-4-1)37-27-44(58-50-40-30-54-28-38(51(40)60-52(37)50)32-13-5-2-6-14-32)34-16-10-18-36(26-34)48-47(56-42-19-7-8-20-43(42)57-48)35-17-9-15-33(25-35)41-21-22-46-49(55-41)39-29-53-24-23-45(39)59-46/h1-30H. The molecule has 0 spiro atoms. The number of furan rings is 2. The van der Waals surface area contributed by atoms with Gasteiger partial charge in [-0.25, -0.2) is 19.9 Å². The molecule has 0 aliphatic rings. The average molecular weight is 771 g/mol. The lowest BCUT2D eigenvalue weighted by Crippen LogP contribution is -1.96. The minimum atomic E-state index is 0.718. The highest BCUT2D eigenvalue weighted by Gasteiger charge is 2.21. The number of nitrogens with zero attached hydrogens (tertiary/aromatic N) is 6. The van der Waals surface area contributed by atoms with Crippen LogP contribution in [-0.4, -0.2) is 29.9 Å². The van der Waals surface area contributed by atoms with Gasteiger partial charge in [0.15, 0.2) is 11.2 Å². The minimum Gasteiger partial charge on any atom is -0.454 e. The Morgan fingerprint density at radius 1 is 0.350 bits per heavy atom. The maximum absolute atomic E-state index is 6.76. The molecule has 0 aliphatic heterocycles. The molecule has 8 nitrogen and oxygen atoms in total. The predicted molar refractivity (Wildman–Crippen MR) is 238 cm³/mol. The van der Waals surface area contributed by atoms with Crippen molar-refractivity contribution in [3.05, 3.63) is 183 Å². The third-order valence-corrected chi connectivity index (χ3v) is 11.0. The summed E-state index contributed by atoms with van der Waals surface area (Å²) in [4.78, 5) is 29.8. The van der Waals surface area contributed by atoms with Crippen molar-refractivity contribution in [2.24, 2.45) is 0 Å². The molecular weight excluding hydrogens is 741 g/mol. The molecule has 7 aromatic heterocycles. The van der Waals surface area contributed by atoms with Crippen LogP contribution in [0.3, 0.4) is 0 Å². The fourth-order valence-corrected chi connectivity index (χ4v) is 8.16. The Kier molecular flexibility index (Phi) is 7.67. The molecule has 5 aromatic carbocycles. The van der Waals surface area contributed by atoms with Crippen LogP contribution < -0.4 is 0 Å².